The van der Waals surface area contributed by atoms with Gasteiger partial charge in [-0.05, 0) is 46.0 Å². The van der Waals surface area contributed by atoms with E-state index in [0.29, 0.717) is 0 Å². The van der Waals surface area contributed by atoms with Crippen molar-refractivity contribution >= 4 is 0 Å². The summed E-state index contributed by atoms with van der Waals surface area (Å²) >= 11 is 0. The van der Waals surface area contributed by atoms with Crippen molar-refractivity contribution in [3.8, 4) is 0 Å². The molecule has 4 nitrogen and oxygen atoms in total. The molecule has 0 aromatic heterocycles. The van der Waals surface area contributed by atoms with Crippen LogP contribution in [0, 0.1) is 0 Å². The number of hydrogen-bond acceptors (Lipinski definition) is 2. The third-order valence-corrected chi connectivity index (χ3v) is 5.91. The van der Waals surface area contributed by atoms with Gasteiger partial charge >= 0.3 is 0 Å². The Kier molecular flexibility index (Phi) is 16.6. The molecule has 0 spiro atoms. The summed E-state index contributed by atoms with van der Waals surface area (Å²) in [6, 6.07) is 0.744. The van der Waals surface area contributed by atoms with E-state index in [2.05, 4.69) is 47.1 Å². The van der Waals surface area contributed by atoms with Crippen LogP contribution < -0.4 is 23.7 Å². The van der Waals surface area contributed by atoms with E-state index < -0.39 is 0 Å². The minimum atomic E-state index is 0. The van der Waals surface area contributed by atoms with Crippen molar-refractivity contribution in [2.75, 3.05) is 39.8 Å². The molecule has 0 aromatic carbocycles. The lowest BCUT2D eigenvalue weighted by atomic mass is 9.93. The maximum Gasteiger partial charge on any atom is 0.106 e. The Balaban J connectivity index is 0. The smallest absolute Gasteiger partial charge is 0.106 e. The molecule has 154 valence electrons. The number of rotatable bonds is 10. The fourth-order valence-corrected chi connectivity index (χ4v) is 4.29. The van der Waals surface area contributed by atoms with Gasteiger partial charge in [0.05, 0.1) is 32.7 Å². The summed E-state index contributed by atoms with van der Waals surface area (Å²) in [5.41, 5.74) is 3.46. The van der Waals surface area contributed by atoms with Gasteiger partial charge in [0.15, 0.2) is 0 Å². The van der Waals surface area contributed by atoms with Gasteiger partial charge in [0, 0.05) is 19.9 Å². The van der Waals surface area contributed by atoms with Crippen LogP contribution in [0.5, 0.6) is 0 Å². The Morgan fingerprint density at radius 1 is 0.800 bits per heavy atom. The monoisotopic (exact) mass is 379 g/mol. The highest BCUT2D eigenvalue weighted by molar-refractivity contribution is 4.65. The average Bonchev–Trinajstić information content (AvgIpc) is 2.63. The van der Waals surface area contributed by atoms with E-state index in [0.717, 1.165) is 28.3 Å². The van der Waals surface area contributed by atoms with Gasteiger partial charge in [-0.25, -0.2) is 9.18 Å². The zero-order valence-corrected chi connectivity index (χ0v) is 18.9. The minimum absolute atomic E-state index is 0. The Bertz CT molecular complexity index is 272. The average molecular weight is 380 g/mol. The van der Waals surface area contributed by atoms with Crippen molar-refractivity contribution in [2.45, 2.75) is 92.0 Å². The third-order valence-electron chi connectivity index (χ3n) is 5.91. The van der Waals surface area contributed by atoms with Gasteiger partial charge < -0.3 is 12.4 Å². The van der Waals surface area contributed by atoms with Gasteiger partial charge in [0.25, 0.3) is 0 Å². The lowest BCUT2D eigenvalue weighted by Gasteiger charge is -2.40. The molecule has 1 aliphatic rings. The van der Waals surface area contributed by atoms with E-state index in [9.17, 15) is 0 Å². The lowest BCUT2D eigenvalue weighted by Crippen LogP contribution is -3.00. The molecular formula is C20H48ClN4+. The predicted octanol–water partition coefficient (Wildman–Crippen LogP) is 1.22. The number of quaternary nitrogens is 2. The summed E-state index contributed by atoms with van der Waals surface area (Å²) in [5.74, 6) is 6.31. The van der Waals surface area contributed by atoms with Crippen LogP contribution in [-0.4, -0.2) is 55.0 Å². The van der Waals surface area contributed by atoms with Gasteiger partial charge in [-0.15, -0.1) is 0 Å². The maximum absolute atomic E-state index is 6.31. The quantitative estimate of drug-likeness (QED) is 0.340. The van der Waals surface area contributed by atoms with Crippen molar-refractivity contribution in [1.29, 1.82) is 0 Å². The molecule has 5 heteroatoms. The van der Waals surface area contributed by atoms with Crippen LogP contribution >= 0.6 is 0 Å². The molecule has 0 atom stereocenters. The van der Waals surface area contributed by atoms with Crippen molar-refractivity contribution in [3.05, 3.63) is 0 Å². The molecule has 0 aromatic rings. The topological polar surface area (TPSA) is 38.0 Å². The molecule has 3 N–H and O–H groups in total. The Labute approximate surface area is 165 Å². The molecule has 0 radical (unpaired) electrons. The summed E-state index contributed by atoms with van der Waals surface area (Å²) in [6.07, 6.45) is 10.7. The third kappa shape index (κ3) is 9.58. The first kappa shape index (κ1) is 27.3. The molecule has 0 unspecified atom stereocenters. The van der Waals surface area contributed by atoms with Crippen molar-refractivity contribution < 1.29 is 21.6 Å². The standard InChI is InChI=1S/C10H23N2.C10H25N2.ClH/c1-3-12(11,4-2)10-8-6-5-7-9-10;1-5-8-12(11-4,9-6-2)10-7-3;/h10H,3-9,11H2,1-2H3;11H,5-10H2,1-4H3;1H/q2*+1;/p-1. The summed E-state index contributed by atoms with van der Waals surface area (Å²) in [6.45, 7) is 17.1. The van der Waals surface area contributed by atoms with E-state index in [1.54, 1.807) is 0 Å². The predicted molar refractivity (Wildman–Crippen MR) is 107 cm³/mol. The van der Waals surface area contributed by atoms with Gasteiger partial charge in [0.2, 0.25) is 0 Å². The first-order valence-corrected chi connectivity index (χ1v) is 10.7. The van der Waals surface area contributed by atoms with Crippen LogP contribution in [0.3, 0.4) is 0 Å². The molecule has 1 aliphatic carbocycles. The summed E-state index contributed by atoms with van der Waals surface area (Å²) in [4.78, 5) is 0. The zero-order valence-electron chi connectivity index (χ0n) is 18.1. The van der Waals surface area contributed by atoms with E-state index in [1.807, 2.05) is 0 Å². The normalized spacial score (nSPS) is 16.0. The fraction of sp³-hybridized carbons (Fsp3) is 1.00. The van der Waals surface area contributed by atoms with Gasteiger partial charge in [0.1, 0.15) is 6.04 Å². The summed E-state index contributed by atoms with van der Waals surface area (Å²) < 4.78 is 1.91. The van der Waals surface area contributed by atoms with E-state index >= 15 is 0 Å². The second kappa shape index (κ2) is 15.2. The molecule has 0 amide bonds. The van der Waals surface area contributed by atoms with Crippen LogP contribution in [0.2, 0.25) is 0 Å². The highest BCUT2D eigenvalue weighted by Gasteiger charge is 2.31. The molecule has 1 fully saturated rings. The molecule has 0 heterocycles. The summed E-state index contributed by atoms with van der Waals surface area (Å²) in [7, 11) is 2.08. The van der Waals surface area contributed by atoms with Gasteiger partial charge in [-0.2, -0.15) is 11.3 Å². The van der Waals surface area contributed by atoms with Crippen molar-refractivity contribution in [2.24, 2.45) is 5.84 Å². The second-order valence-electron chi connectivity index (χ2n) is 7.57. The zero-order chi connectivity index (χ0) is 18.5. The first-order chi connectivity index (χ1) is 11.5. The van der Waals surface area contributed by atoms with Gasteiger partial charge in [-0.1, -0.05) is 27.2 Å². The van der Waals surface area contributed by atoms with Crippen LogP contribution in [0.1, 0.15) is 86.0 Å². The highest BCUT2D eigenvalue weighted by Crippen LogP contribution is 2.25. The SMILES string of the molecule is CCC[N+](CCC)(CCC)NC.CC[N+](N)(CC)C1CCCCC1.[Cl-]. The number of nitrogens with two attached hydrogens (primary N) is 1. The van der Waals surface area contributed by atoms with E-state index in [1.165, 1.54) is 71.0 Å². The minimum Gasteiger partial charge on any atom is -1.00 e. The molecular weight excluding hydrogens is 332 g/mol. The largest absolute Gasteiger partial charge is 1.00 e. The first-order valence-electron chi connectivity index (χ1n) is 10.7. The number of hydrogen-bond donors (Lipinski definition) is 2. The Morgan fingerprint density at radius 3 is 1.48 bits per heavy atom. The fourth-order valence-electron chi connectivity index (χ4n) is 4.29. The lowest BCUT2D eigenvalue weighted by molar-refractivity contribution is -0.967. The summed E-state index contributed by atoms with van der Waals surface area (Å²) in [5, 5.41) is 0. The van der Waals surface area contributed by atoms with Crippen LogP contribution in [0.4, 0.5) is 0 Å². The molecule has 25 heavy (non-hydrogen) atoms. The molecule has 1 saturated carbocycles. The second-order valence-corrected chi connectivity index (χ2v) is 7.57. The maximum atomic E-state index is 6.31. The highest BCUT2D eigenvalue weighted by atomic mass is 35.5. The van der Waals surface area contributed by atoms with E-state index in [4.69, 9.17) is 5.84 Å². The van der Waals surface area contributed by atoms with Crippen LogP contribution in [-0.2, 0) is 0 Å². The van der Waals surface area contributed by atoms with Crippen molar-refractivity contribution in [3.63, 3.8) is 0 Å². The number of halogens is 1. The van der Waals surface area contributed by atoms with Gasteiger partial charge in [-0.3, -0.25) is 0 Å². The van der Waals surface area contributed by atoms with Crippen LogP contribution in [0.15, 0.2) is 0 Å². The molecule has 0 aliphatic heterocycles. The van der Waals surface area contributed by atoms with E-state index in [-0.39, 0.29) is 12.4 Å². The molecule has 0 bridgehead atoms. The Hall–Kier alpha value is 0.130. The molecule has 0 saturated heterocycles. The van der Waals surface area contributed by atoms with Crippen LogP contribution in [0.25, 0.3) is 0 Å². The Morgan fingerprint density at radius 2 is 1.20 bits per heavy atom. The number of nitrogens with one attached hydrogen (secondary N) is 1. The molecule has 1 rings (SSSR count). The number of nitrogens with zero attached hydrogens (tertiary/aromatic N) is 2. The van der Waals surface area contributed by atoms with Crippen molar-refractivity contribution in [1.82, 2.24) is 5.43 Å².